The number of benzene rings is 1. The Hall–Kier alpha value is -3.10. The Morgan fingerprint density at radius 3 is 2.47 bits per heavy atom. The van der Waals surface area contributed by atoms with E-state index in [1.165, 1.54) is 19.1 Å². The number of ether oxygens (including phenoxy) is 3. The number of nitrogens with zero attached hydrogens (tertiary/aromatic N) is 1. The number of nitrogens with one attached hydrogen (secondary N) is 1. The Morgan fingerprint density at radius 1 is 1.13 bits per heavy atom. The molecule has 1 aliphatic heterocycles. The molecule has 0 aliphatic carbocycles. The lowest BCUT2D eigenvalue weighted by atomic mass is 9.97. The highest BCUT2D eigenvalue weighted by molar-refractivity contribution is 5.90. The maximum atomic E-state index is 12.8. The van der Waals surface area contributed by atoms with E-state index < -0.39 is 41.9 Å². The Bertz CT molecular complexity index is 753. The SMILES string of the molecule is COC(=O)C[C@H](C)[C@H](NC(=O)[C@H]1CCCN1C(=O)OCc1ccccc1)C(=O)OC. The molecule has 9 nitrogen and oxygen atoms in total. The molecule has 1 aromatic carbocycles. The van der Waals surface area contributed by atoms with Gasteiger partial charge in [0.25, 0.3) is 0 Å². The molecule has 1 aromatic rings. The monoisotopic (exact) mass is 420 g/mol. The first-order valence-electron chi connectivity index (χ1n) is 9.79. The molecule has 164 valence electrons. The average molecular weight is 420 g/mol. The number of likely N-dealkylation sites (tertiary alicyclic amines) is 1. The molecule has 2 amide bonds. The van der Waals surface area contributed by atoms with Gasteiger partial charge in [0.15, 0.2) is 0 Å². The number of carbonyl (C=O) groups excluding carboxylic acids is 4. The van der Waals surface area contributed by atoms with Crippen LogP contribution in [0.15, 0.2) is 30.3 Å². The molecule has 2 rings (SSSR count). The van der Waals surface area contributed by atoms with Crippen LogP contribution < -0.4 is 5.32 Å². The topological polar surface area (TPSA) is 111 Å². The lowest BCUT2D eigenvalue weighted by Gasteiger charge is -2.27. The number of carbonyl (C=O) groups is 4. The van der Waals surface area contributed by atoms with Crippen LogP contribution in [-0.4, -0.2) is 61.7 Å². The molecule has 0 aromatic heterocycles. The van der Waals surface area contributed by atoms with E-state index in [9.17, 15) is 19.2 Å². The van der Waals surface area contributed by atoms with Crippen molar-refractivity contribution < 1.29 is 33.4 Å². The molecule has 1 heterocycles. The molecule has 1 saturated heterocycles. The van der Waals surface area contributed by atoms with Crippen LogP contribution in [0.1, 0.15) is 31.7 Å². The Balaban J connectivity index is 2.00. The van der Waals surface area contributed by atoms with Crippen molar-refractivity contribution in [3.05, 3.63) is 35.9 Å². The van der Waals surface area contributed by atoms with E-state index in [2.05, 4.69) is 10.1 Å². The summed E-state index contributed by atoms with van der Waals surface area (Å²) in [5.74, 6) is -2.21. The predicted octanol–water partition coefficient (Wildman–Crippen LogP) is 1.64. The molecule has 0 bridgehead atoms. The highest BCUT2D eigenvalue weighted by atomic mass is 16.6. The van der Waals surface area contributed by atoms with Gasteiger partial charge in [-0.25, -0.2) is 9.59 Å². The van der Waals surface area contributed by atoms with Crippen molar-refractivity contribution in [2.45, 2.75) is 44.9 Å². The second-order valence-corrected chi connectivity index (χ2v) is 7.16. The number of esters is 2. The third-order valence-corrected chi connectivity index (χ3v) is 5.03. The first-order chi connectivity index (χ1) is 14.4. The van der Waals surface area contributed by atoms with Gasteiger partial charge < -0.3 is 19.5 Å². The van der Waals surface area contributed by atoms with E-state index in [1.807, 2.05) is 30.3 Å². The van der Waals surface area contributed by atoms with Gasteiger partial charge in [0.05, 0.1) is 20.6 Å². The van der Waals surface area contributed by atoms with Crippen LogP contribution in [0.5, 0.6) is 0 Å². The third kappa shape index (κ3) is 6.20. The van der Waals surface area contributed by atoms with Gasteiger partial charge in [0.1, 0.15) is 18.7 Å². The summed E-state index contributed by atoms with van der Waals surface area (Å²) in [6.07, 6.45) is 0.433. The zero-order chi connectivity index (χ0) is 22.1. The molecule has 9 heteroatoms. The maximum Gasteiger partial charge on any atom is 0.410 e. The number of methoxy groups -OCH3 is 2. The molecule has 0 saturated carbocycles. The van der Waals surface area contributed by atoms with Crippen LogP contribution in [0.3, 0.4) is 0 Å². The van der Waals surface area contributed by atoms with Gasteiger partial charge in [-0.3, -0.25) is 14.5 Å². The Labute approximate surface area is 175 Å². The summed E-state index contributed by atoms with van der Waals surface area (Å²) in [5.41, 5.74) is 0.841. The van der Waals surface area contributed by atoms with Gasteiger partial charge in [0, 0.05) is 6.54 Å². The van der Waals surface area contributed by atoms with Crippen LogP contribution in [0.2, 0.25) is 0 Å². The van der Waals surface area contributed by atoms with Gasteiger partial charge >= 0.3 is 18.0 Å². The van der Waals surface area contributed by atoms with Crippen molar-refractivity contribution in [2.75, 3.05) is 20.8 Å². The minimum Gasteiger partial charge on any atom is -0.469 e. The first-order valence-corrected chi connectivity index (χ1v) is 9.79. The van der Waals surface area contributed by atoms with Gasteiger partial charge in [-0.1, -0.05) is 37.3 Å². The van der Waals surface area contributed by atoms with Crippen molar-refractivity contribution >= 4 is 23.9 Å². The summed E-state index contributed by atoms with van der Waals surface area (Å²) in [7, 11) is 2.45. The largest absolute Gasteiger partial charge is 0.469 e. The van der Waals surface area contributed by atoms with Crippen molar-refractivity contribution in [1.29, 1.82) is 0 Å². The van der Waals surface area contributed by atoms with Gasteiger partial charge in [-0.15, -0.1) is 0 Å². The average Bonchev–Trinajstić information content (AvgIpc) is 3.25. The standard InChI is InChI=1S/C21H28N2O7/c1-14(12-17(24)28-2)18(20(26)29-3)22-19(25)16-10-7-11-23(16)21(27)30-13-15-8-5-4-6-9-15/h4-6,8-9,14,16,18H,7,10-13H2,1-3H3,(H,22,25)/t14-,16+,18-/m0/s1. The summed E-state index contributed by atoms with van der Waals surface area (Å²) >= 11 is 0. The summed E-state index contributed by atoms with van der Waals surface area (Å²) < 4.78 is 14.7. The van der Waals surface area contributed by atoms with Gasteiger partial charge in [-0.05, 0) is 24.3 Å². The van der Waals surface area contributed by atoms with Crippen LogP contribution in [0, 0.1) is 5.92 Å². The second kappa shape index (κ2) is 11.2. The van der Waals surface area contributed by atoms with Crippen molar-refractivity contribution in [1.82, 2.24) is 10.2 Å². The fourth-order valence-corrected chi connectivity index (χ4v) is 3.33. The van der Waals surface area contributed by atoms with Crippen molar-refractivity contribution in [3.8, 4) is 0 Å². The van der Waals surface area contributed by atoms with E-state index >= 15 is 0 Å². The number of hydrogen-bond acceptors (Lipinski definition) is 7. The van der Waals surface area contributed by atoms with E-state index in [0.717, 1.165) is 5.56 Å². The first kappa shape index (κ1) is 23.2. The Morgan fingerprint density at radius 2 is 1.83 bits per heavy atom. The highest BCUT2D eigenvalue weighted by Gasteiger charge is 2.38. The quantitative estimate of drug-likeness (QED) is 0.503. The Kier molecular flexibility index (Phi) is 8.64. The fraction of sp³-hybridized carbons (Fsp3) is 0.524. The molecule has 30 heavy (non-hydrogen) atoms. The van der Waals surface area contributed by atoms with Crippen molar-refractivity contribution in [3.63, 3.8) is 0 Å². The molecule has 1 N–H and O–H groups in total. The number of amides is 2. The number of rotatable bonds is 8. The molecular formula is C21H28N2O7. The van der Waals surface area contributed by atoms with Crippen LogP contribution in [-0.2, 0) is 35.2 Å². The lowest BCUT2D eigenvalue weighted by Crippen LogP contribution is -2.53. The zero-order valence-corrected chi connectivity index (χ0v) is 17.5. The predicted molar refractivity (Wildman–Crippen MR) is 106 cm³/mol. The minimum absolute atomic E-state index is 0.0654. The molecule has 1 fully saturated rings. The van der Waals surface area contributed by atoms with E-state index in [4.69, 9.17) is 9.47 Å². The van der Waals surface area contributed by atoms with E-state index in [1.54, 1.807) is 6.92 Å². The molecule has 0 spiro atoms. The molecular weight excluding hydrogens is 392 g/mol. The molecule has 0 unspecified atom stereocenters. The highest BCUT2D eigenvalue weighted by Crippen LogP contribution is 2.20. The van der Waals surface area contributed by atoms with Crippen molar-refractivity contribution in [2.24, 2.45) is 5.92 Å². The molecule has 0 radical (unpaired) electrons. The zero-order valence-electron chi connectivity index (χ0n) is 17.5. The fourth-order valence-electron chi connectivity index (χ4n) is 3.33. The summed E-state index contributed by atoms with van der Waals surface area (Å²) in [6.45, 7) is 2.12. The van der Waals surface area contributed by atoms with Gasteiger partial charge in [0.2, 0.25) is 5.91 Å². The van der Waals surface area contributed by atoms with E-state index in [0.29, 0.717) is 19.4 Å². The summed E-state index contributed by atoms with van der Waals surface area (Å²) in [4.78, 5) is 50.4. The maximum absolute atomic E-state index is 12.8. The lowest BCUT2D eigenvalue weighted by molar-refractivity contribution is -0.149. The minimum atomic E-state index is -1.04. The van der Waals surface area contributed by atoms with Crippen LogP contribution >= 0.6 is 0 Å². The molecule has 3 atom stereocenters. The summed E-state index contributed by atoms with van der Waals surface area (Å²) in [6, 6.07) is 7.44. The summed E-state index contributed by atoms with van der Waals surface area (Å²) in [5, 5.41) is 2.63. The normalized spacial score (nSPS) is 17.6. The third-order valence-electron chi connectivity index (χ3n) is 5.03. The van der Waals surface area contributed by atoms with Gasteiger partial charge in [-0.2, -0.15) is 0 Å². The van der Waals surface area contributed by atoms with Crippen LogP contribution in [0.25, 0.3) is 0 Å². The second-order valence-electron chi connectivity index (χ2n) is 7.16. The van der Waals surface area contributed by atoms with Crippen LogP contribution in [0.4, 0.5) is 4.79 Å². The number of hydrogen-bond donors (Lipinski definition) is 1. The smallest absolute Gasteiger partial charge is 0.410 e. The van der Waals surface area contributed by atoms with E-state index in [-0.39, 0.29) is 13.0 Å². The molecule has 1 aliphatic rings.